The van der Waals surface area contributed by atoms with Gasteiger partial charge < -0.3 is 15.4 Å². The Morgan fingerprint density at radius 1 is 1.62 bits per heavy atom. The molecule has 0 saturated carbocycles. The molecule has 0 aromatic rings. The predicted molar refractivity (Wildman–Crippen MR) is 50.9 cm³/mol. The van der Waals surface area contributed by atoms with E-state index in [9.17, 15) is 18.0 Å². The third kappa shape index (κ3) is 4.80. The van der Waals surface area contributed by atoms with Gasteiger partial charge in [-0.15, -0.1) is 0 Å². The quantitative estimate of drug-likeness (QED) is 0.752. The summed E-state index contributed by atoms with van der Waals surface area (Å²) in [6, 6.07) is -0.932. The Hall–Kier alpha value is -0.820. The van der Waals surface area contributed by atoms with E-state index in [2.05, 4.69) is 10.6 Å². The maximum atomic E-state index is 12.0. The molecule has 0 aromatic heterocycles. The van der Waals surface area contributed by atoms with E-state index in [0.29, 0.717) is 19.7 Å². The fourth-order valence-electron chi connectivity index (χ4n) is 1.47. The minimum atomic E-state index is -4.27. The molecule has 1 fully saturated rings. The molecule has 1 heterocycles. The zero-order valence-corrected chi connectivity index (χ0v) is 8.93. The smallest absolute Gasteiger partial charge is 0.366 e. The highest BCUT2D eigenvalue weighted by molar-refractivity contribution is 5.81. The van der Waals surface area contributed by atoms with E-state index in [-0.39, 0.29) is 0 Å². The molecule has 2 N–H and O–H groups in total. The largest absolute Gasteiger partial charge is 0.391 e. The minimum absolute atomic E-state index is 0.338. The average molecular weight is 240 g/mol. The predicted octanol–water partition coefficient (Wildman–Crippen LogP) is 0.432. The van der Waals surface area contributed by atoms with Crippen LogP contribution in [0.4, 0.5) is 13.2 Å². The number of hydrogen-bond acceptors (Lipinski definition) is 3. The summed E-state index contributed by atoms with van der Waals surface area (Å²) in [7, 11) is 0. The summed E-state index contributed by atoms with van der Waals surface area (Å²) in [6.07, 6.45) is -5.98. The van der Waals surface area contributed by atoms with Crippen LogP contribution in [0.3, 0.4) is 0 Å². The van der Waals surface area contributed by atoms with Crippen LogP contribution in [0.1, 0.15) is 13.3 Å². The van der Waals surface area contributed by atoms with Gasteiger partial charge >= 0.3 is 6.18 Å². The normalized spacial score (nSPS) is 23.9. The fourth-order valence-corrected chi connectivity index (χ4v) is 1.47. The lowest BCUT2D eigenvalue weighted by Gasteiger charge is -2.24. The van der Waals surface area contributed by atoms with Gasteiger partial charge in [-0.25, -0.2) is 0 Å². The molecule has 0 aromatic carbocycles. The summed E-state index contributed by atoms with van der Waals surface area (Å²) in [5.74, 6) is -0.496. The lowest BCUT2D eigenvalue weighted by atomic mass is 10.2. The third-order valence-corrected chi connectivity index (χ3v) is 2.15. The highest BCUT2D eigenvalue weighted by atomic mass is 19.4. The van der Waals surface area contributed by atoms with Gasteiger partial charge in [0.15, 0.2) is 0 Å². The summed E-state index contributed by atoms with van der Waals surface area (Å²) in [5.41, 5.74) is 0. The molecule has 7 heteroatoms. The number of carbonyl (C=O) groups excluding carboxylic acids is 1. The van der Waals surface area contributed by atoms with Gasteiger partial charge in [-0.05, 0) is 6.92 Å². The Bertz CT molecular complexity index is 239. The molecule has 1 saturated heterocycles. The van der Waals surface area contributed by atoms with Gasteiger partial charge in [0.1, 0.15) is 6.10 Å². The van der Waals surface area contributed by atoms with Crippen molar-refractivity contribution in [1.29, 1.82) is 0 Å². The van der Waals surface area contributed by atoms with Crippen molar-refractivity contribution in [2.75, 3.05) is 19.7 Å². The summed E-state index contributed by atoms with van der Waals surface area (Å²) < 4.78 is 41.1. The number of nitrogens with one attached hydrogen (secondary N) is 2. The van der Waals surface area contributed by atoms with Crippen LogP contribution in [0.15, 0.2) is 0 Å². The SMILES string of the molecule is CC(CC(F)(F)F)NC(=O)C1CNCCO1. The van der Waals surface area contributed by atoms with Gasteiger partial charge in [-0.3, -0.25) is 4.79 Å². The van der Waals surface area contributed by atoms with E-state index in [1.54, 1.807) is 0 Å². The van der Waals surface area contributed by atoms with Gasteiger partial charge in [-0.1, -0.05) is 0 Å². The first-order chi connectivity index (χ1) is 7.38. The molecule has 0 aliphatic carbocycles. The highest BCUT2D eigenvalue weighted by Crippen LogP contribution is 2.21. The zero-order chi connectivity index (χ0) is 12.2. The molecule has 1 aliphatic heterocycles. The number of halogens is 3. The van der Waals surface area contributed by atoms with E-state index in [4.69, 9.17) is 4.74 Å². The van der Waals surface area contributed by atoms with Crippen LogP contribution in [0.2, 0.25) is 0 Å². The van der Waals surface area contributed by atoms with Crippen molar-refractivity contribution in [2.24, 2.45) is 0 Å². The van der Waals surface area contributed by atoms with Crippen molar-refractivity contribution in [3.63, 3.8) is 0 Å². The molecule has 16 heavy (non-hydrogen) atoms. The maximum Gasteiger partial charge on any atom is 0.391 e. The Labute approximate surface area is 91.5 Å². The Morgan fingerprint density at radius 3 is 2.81 bits per heavy atom. The van der Waals surface area contributed by atoms with Crippen LogP contribution in [0.5, 0.6) is 0 Å². The lowest BCUT2D eigenvalue weighted by molar-refractivity contribution is -0.145. The molecule has 1 amide bonds. The second-order valence-corrected chi connectivity index (χ2v) is 3.79. The molecule has 1 rings (SSSR count). The van der Waals surface area contributed by atoms with Gasteiger partial charge in [0, 0.05) is 19.1 Å². The third-order valence-electron chi connectivity index (χ3n) is 2.15. The van der Waals surface area contributed by atoms with Crippen molar-refractivity contribution in [3.05, 3.63) is 0 Å². The van der Waals surface area contributed by atoms with Crippen LogP contribution in [0.25, 0.3) is 0 Å². The molecular formula is C9H15F3N2O2. The van der Waals surface area contributed by atoms with Crippen molar-refractivity contribution >= 4 is 5.91 Å². The standard InChI is InChI=1S/C9H15F3N2O2/c1-6(4-9(10,11)12)14-8(15)7-5-13-2-3-16-7/h6-7,13H,2-5H2,1H3,(H,14,15). The number of rotatable bonds is 3. The Balaban J connectivity index is 2.32. The lowest BCUT2D eigenvalue weighted by Crippen LogP contribution is -2.50. The van der Waals surface area contributed by atoms with Gasteiger partial charge in [0.05, 0.1) is 13.0 Å². The highest BCUT2D eigenvalue weighted by Gasteiger charge is 2.32. The molecule has 2 unspecified atom stereocenters. The monoisotopic (exact) mass is 240 g/mol. The zero-order valence-electron chi connectivity index (χ0n) is 8.93. The topological polar surface area (TPSA) is 50.4 Å². The molecule has 0 radical (unpaired) electrons. The first-order valence-corrected chi connectivity index (χ1v) is 5.08. The van der Waals surface area contributed by atoms with Crippen molar-refractivity contribution in [1.82, 2.24) is 10.6 Å². The van der Waals surface area contributed by atoms with E-state index in [1.807, 2.05) is 0 Å². The summed E-state index contributed by atoms with van der Waals surface area (Å²) in [4.78, 5) is 11.5. The molecule has 0 bridgehead atoms. The molecule has 0 spiro atoms. The number of morpholine rings is 1. The summed E-state index contributed by atoms with van der Waals surface area (Å²) >= 11 is 0. The molecule has 94 valence electrons. The van der Waals surface area contributed by atoms with Crippen molar-refractivity contribution < 1.29 is 22.7 Å². The van der Waals surface area contributed by atoms with E-state index in [0.717, 1.165) is 0 Å². The molecule has 2 atom stereocenters. The van der Waals surface area contributed by atoms with Crippen LogP contribution in [-0.4, -0.2) is 43.9 Å². The van der Waals surface area contributed by atoms with Crippen molar-refractivity contribution in [3.8, 4) is 0 Å². The molecular weight excluding hydrogens is 225 g/mol. The number of hydrogen-bond donors (Lipinski definition) is 2. The van der Waals surface area contributed by atoms with Gasteiger partial charge in [-0.2, -0.15) is 13.2 Å². The second kappa shape index (κ2) is 5.49. The Morgan fingerprint density at radius 2 is 2.31 bits per heavy atom. The van der Waals surface area contributed by atoms with Crippen LogP contribution in [0, 0.1) is 0 Å². The Kier molecular flexibility index (Phi) is 4.55. The van der Waals surface area contributed by atoms with E-state index >= 15 is 0 Å². The van der Waals surface area contributed by atoms with Crippen LogP contribution >= 0.6 is 0 Å². The number of carbonyl (C=O) groups is 1. The molecule has 1 aliphatic rings. The number of amides is 1. The van der Waals surface area contributed by atoms with E-state index < -0.39 is 30.7 Å². The maximum absolute atomic E-state index is 12.0. The van der Waals surface area contributed by atoms with Crippen LogP contribution < -0.4 is 10.6 Å². The van der Waals surface area contributed by atoms with E-state index in [1.165, 1.54) is 6.92 Å². The van der Waals surface area contributed by atoms with Gasteiger partial charge in [0.2, 0.25) is 0 Å². The number of ether oxygens (including phenoxy) is 1. The average Bonchev–Trinajstić information content (AvgIpc) is 2.16. The van der Waals surface area contributed by atoms with Gasteiger partial charge in [0.25, 0.3) is 5.91 Å². The second-order valence-electron chi connectivity index (χ2n) is 3.79. The van der Waals surface area contributed by atoms with Crippen LogP contribution in [-0.2, 0) is 9.53 Å². The first-order valence-electron chi connectivity index (χ1n) is 5.08. The summed E-state index contributed by atoms with van der Waals surface area (Å²) in [5, 5.41) is 5.21. The van der Waals surface area contributed by atoms with Crippen molar-refractivity contribution in [2.45, 2.75) is 31.7 Å². The fraction of sp³-hybridized carbons (Fsp3) is 0.889. The molecule has 4 nitrogen and oxygen atoms in total. The summed E-state index contributed by atoms with van der Waals surface area (Å²) in [6.45, 7) is 2.71. The number of alkyl halides is 3. The minimum Gasteiger partial charge on any atom is -0.366 e. The first kappa shape index (κ1) is 13.2.